The van der Waals surface area contributed by atoms with Crippen molar-refractivity contribution >= 4 is 17.9 Å². The van der Waals surface area contributed by atoms with Gasteiger partial charge in [0.2, 0.25) is 0 Å². The second-order valence-corrected chi connectivity index (χ2v) is 2.95. The van der Waals surface area contributed by atoms with Crippen molar-refractivity contribution in [1.29, 1.82) is 0 Å². The van der Waals surface area contributed by atoms with Gasteiger partial charge in [0.25, 0.3) is 0 Å². The van der Waals surface area contributed by atoms with Crippen LogP contribution in [0.1, 0.15) is 0 Å². The fourth-order valence-electron chi connectivity index (χ4n) is 0.786. The Morgan fingerprint density at radius 1 is 1.82 bits per heavy atom. The van der Waals surface area contributed by atoms with E-state index >= 15 is 0 Å². The van der Waals surface area contributed by atoms with E-state index in [4.69, 9.17) is 5.11 Å². The first-order chi connectivity index (χ1) is 5.24. The van der Waals surface area contributed by atoms with Gasteiger partial charge >= 0.3 is 6.09 Å². The fraction of sp³-hybridized carbons (Fsp3) is 0.286. The van der Waals surface area contributed by atoms with Crippen molar-refractivity contribution in [3.05, 3.63) is 23.3 Å². The lowest BCUT2D eigenvalue weighted by atomic mass is 10.4. The molecule has 0 aliphatic carbocycles. The van der Waals surface area contributed by atoms with Crippen LogP contribution in [-0.4, -0.2) is 28.9 Å². The highest BCUT2D eigenvalue weighted by molar-refractivity contribution is 8.02. The molecular weight excluding hydrogens is 162 g/mol. The zero-order valence-electron chi connectivity index (χ0n) is 6.15. The molecule has 1 N–H and O–H groups in total. The van der Waals surface area contributed by atoms with Crippen molar-refractivity contribution in [1.82, 2.24) is 4.90 Å². The van der Waals surface area contributed by atoms with E-state index in [9.17, 15) is 4.79 Å². The predicted molar refractivity (Wildman–Crippen MR) is 45.5 cm³/mol. The lowest BCUT2D eigenvalue weighted by molar-refractivity contribution is 0.166. The van der Waals surface area contributed by atoms with Gasteiger partial charge in [0.05, 0.1) is 0 Å². The van der Waals surface area contributed by atoms with E-state index in [1.807, 2.05) is 18.4 Å². The van der Waals surface area contributed by atoms with Crippen LogP contribution in [0.2, 0.25) is 0 Å². The van der Waals surface area contributed by atoms with Crippen molar-refractivity contribution in [2.75, 3.05) is 12.8 Å². The second kappa shape index (κ2) is 3.48. The Bertz CT molecular complexity index is 222. The molecule has 4 heteroatoms. The van der Waals surface area contributed by atoms with Gasteiger partial charge in [-0.1, -0.05) is 6.08 Å². The van der Waals surface area contributed by atoms with Crippen LogP contribution < -0.4 is 0 Å². The van der Waals surface area contributed by atoms with Crippen LogP contribution in [-0.2, 0) is 0 Å². The predicted octanol–water partition coefficient (Wildman–Crippen LogP) is 1.74. The molecule has 0 bridgehead atoms. The first kappa shape index (κ1) is 8.20. The van der Waals surface area contributed by atoms with E-state index in [-0.39, 0.29) is 0 Å². The summed E-state index contributed by atoms with van der Waals surface area (Å²) in [4.78, 5) is 12.7. The van der Waals surface area contributed by atoms with Crippen LogP contribution in [0, 0.1) is 0 Å². The summed E-state index contributed by atoms with van der Waals surface area (Å²) in [6.07, 6.45) is 6.40. The van der Waals surface area contributed by atoms with Crippen molar-refractivity contribution in [2.45, 2.75) is 0 Å². The van der Waals surface area contributed by atoms with E-state index in [2.05, 4.69) is 0 Å². The van der Waals surface area contributed by atoms with Crippen molar-refractivity contribution in [2.24, 2.45) is 0 Å². The molecule has 0 radical (unpaired) electrons. The minimum absolute atomic E-state index is 0.458. The first-order valence-electron chi connectivity index (χ1n) is 3.16. The number of thioether (sulfide) groups is 1. The maximum Gasteiger partial charge on any atom is 0.411 e. The summed E-state index contributed by atoms with van der Waals surface area (Å²) < 4.78 is 0. The van der Waals surface area contributed by atoms with E-state index in [0.717, 1.165) is 4.91 Å². The summed E-state index contributed by atoms with van der Waals surface area (Å²) in [5.74, 6) is 0. The zero-order valence-corrected chi connectivity index (χ0v) is 6.97. The van der Waals surface area contributed by atoms with E-state index in [1.54, 1.807) is 6.20 Å². The number of rotatable bonds is 1. The first-order valence-corrected chi connectivity index (χ1v) is 4.38. The lowest BCUT2D eigenvalue weighted by Gasteiger charge is -2.16. The third-order valence-electron chi connectivity index (χ3n) is 1.35. The maximum atomic E-state index is 10.5. The summed E-state index contributed by atoms with van der Waals surface area (Å²) in [6.45, 7) is 0.458. The number of amides is 1. The summed E-state index contributed by atoms with van der Waals surface area (Å²) in [6, 6.07) is 0. The van der Waals surface area contributed by atoms with Gasteiger partial charge in [-0.2, -0.15) is 0 Å². The Balaban J connectivity index is 2.68. The highest BCUT2D eigenvalue weighted by atomic mass is 32.2. The molecule has 1 heterocycles. The minimum atomic E-state index is -0.902. The molecule has 60 valence electrons. The van der Waals surface area contributed by atoms with Crippen LogP contribution in [0.25, 0.3) is 0 Å². The average Bonchev–Trinajstić information content (AvgIpc) is 2.05. The number of allylic oxidation sites excluding steroid dienone is 1. The molecule has 3 nitrogen and oxygen atoms in total. The third kappa shape index (κ3) is 2.01. The highest BCUT2D eigenvalue weighted by Gasteiger charge is 2.10. The standard InChI is InChI=1S/C7H9NO2S/c1-11-6-3-2-4-8(5-6)7(9)10/h2-3,5H,4H2,1H3,(H,9,10). The summed E-state index contributed by atoms with van der Waals surface area (Å²) in [5.41, 5.74) is 0. The molecule has 0 aromatic heterocycles. The molecule has 0 saturated heterocycles. The Kier molecular flexibility index (Phi) is 2.59. The van der Waals surface area contributed by atoms with Gasteiger partial charge in [-0.05, 0) is 12.3 Å². The molecule has 0 spiro atoms. The number of hydrogen-bond acceptors (Lipinski definition) is 2. The Hall–Kier alpha value is -0.900. The normalized spacial score (nSPS) is 16.5. The molecule has 1 aliphatic rings. The van der Waals surface area contributed by atoms with Gasteiger partial charge in [-0.15, -0.1) is 11.8 Å². The number of carbonyl (C=O) groups is 1. The SMILES string of the molecule is CSC1=CN(C(=O)O)CC=C1. The Labute approximate surface area is 69.4 Å². The van der Waals surface area contributed by atoms with Gasteiger partial charge in [-0.3, -0.25) is 4.90 Å². The molecular formula is C7H9NO2S. The third-order valence-corrected chi connectivity index (χ3v) is 2.06. The highest BCUT2D eigenvalue weighted by Crippen LogP contribution is 2.17. The Morgan fingerprint density at radius 2 is 2.55 bits per heavy atom. The molecule has 0 aromatic rings. The van der Waals surface area contributed by atoms with Crippen LogP contribution in [0.15, 0.2) is 23.3 Å². The van der Waals surface area contributed by atoms with Gasteiger partial charge in [0.15, 0.2) is 0 Å². The summed E-state index contributed by atoms with van der Waals surface area (Å²) in [5, 5.41) is 8.59. The average molecular weight is 171 g/mol. The second-order valence-electron chi connectivity index (χ2n) is 2.07. The van der Waals surface area contributed by atoms with Gasteiger partial charge in [0, 0.05) is 17.6 Å². The van der Waals surface area contributed by atoms with Gasteiger partial charge in [-0.25, -0.2) is 4.79 Å². The summed E-state index contributed by atoms with van der Waals surface area (Å²) in [7, 11) is 0. The van der Waals surface area contributed by atoms with E-state index < -0.39 is 6.09 Å². The molecule has 1 amide bonds. The number of hydrogen-bond donors (Lipinski definition) is 1. The molecule has 0 saturated carbocycles. The lowest BCUT2D eigenvalue weighted by Crippen LogP contribution is -2.25. The van der Waals surface area contributed by atoms with Crippen LogP contribution in [0.3, 0.4) is 0 Å². The van der Waals surface area contributed by atoms with Gasteiger partial charge in [0.1, 0.15) is 0 Å². The molecule has 0 unspecified atom stereocenters. The number of carboxylic acid groups (broad SMARTS) is 1. The molecule has 1 rings (SSSR count). The van der Waals surface area contributed by atoms with Crippen LogP contribution in [0.4, 0.5) is 4.79 Å². The van der Waals surface area contributed by atoms with Crippen molar-refractivity contribution < 1.29 is 9.90 Å². The molecule has 11 heavy (non-hydrogen) atoms. The van der Waals surface area contributed by atoms with E-state index in [1.165, 1.54) is 16.7 Å². The molecule has 1 aliphatic heterocycles. The van der Waals surface area contributed by atoms with Crippen molar-refractivity contribution in [3.63, 3.8) is 0 Å². The Morgan fingerprint density at radius 3 is 3.09 bits per heavy atom. The quantitative estimate of drug-likeness (QED) is 0.653. The van der Waals surface area contributed by atoms with Gasteiger partial charge < -0.3 is 5.11 Å². The smallest absolute Gasteiger partial charge is 0.411 e. The van der Waals surface area contributed by atoms with Crippen molar-refractivity contribution in [3.8, 4) is 0 Å². The summed E-state index contributed by atoms with van der Waals surface area (Å²) >= 11 is 1.54. The van der Waals surface area contributed by atoms with Crippen LogP contribution in [0.5, 0.6) is 0 Å². The fourth-order valence-corrected chi connectivity index (χ4v) is 1.25. The monoisotopic (exact) mass is 171 g/mol. The topological polar surface area (TPSA) is 40.5 Å². The minimum Gasteiger partial charge on any atom is -0.465 e. The van der Waals surface area contributed by atoms with Crippen LogP contribution >= 0.6 is 11.8 Å². The molecule has 0 atom stereocenters. The maximum absolute atomic E-state index is 10.5. The number of nitrogens with zero attached hydrogens (tertiary/aromatic N) is 1. The zero-order chi connectivity index (χ0) is 8.27. The molecule has 0 aromatic carbocycles. The largest absolute Gasteiger partial charge is 0.465 e. The van der Waals surface area contributed by atoms with E-state index in [0.29, 0.717) is 6.54 Å². The molecule has 0 fully saturated rings.